The van der Waals surface area contributed by atoms with Crippen LogP contribution in [0.3, 0.4) is 0 Å². The van der Waals surface area contributed by atoms with E-state index in [2.05, 4.69) is 10.2 Å². The van der Waals surface area contributed by atoms with Crippen LogP contribution in [0.1, 0.15) is 7.25 Å². The Bertz CT molecular complexity index is 726. The van der Waals surface area contributed by atoms with Crippen molar-refractivity contribution in [1.29, 1.82) is 0 Å². The average molecular weight is 295 g/mol. The number of hydrogen-bond acceptors (Lipinski definition) is 4. The molecular formula is C9H10N3NaO3S2. The van der Waals surface area contributed by atoms with Gasteiger partial charge >= 0.3 is 29.6 Å². The first kappa shape index (κ1) is 15.5. The summed E-state index contributed by atoms with van der Waals surface area (Å²) in [6.07, 6.45) is 0. The number of aryl methyl sites for hydroxylation is 1. The van der Waals surface area contributed by atoms with Crippen LogP contribution >= 0.6 is 12.2 Å². The van der Waals surface area contributed by atoms with Crippen LogP contribution in [0.15, 0.2) is 29.2 Å². The van der Waals surface area contributed by atoms with Crippen LogP contribution in [0.25, 0.3) is 5.69 Å². The molecule has 0 atom stereocenters. The summed E-state index contributed by atoms with van der Waals surface area (Å²) in [5.41, 5.74) is 0.524. The van der Waals surface area contributed by atoms with E-state index in [1.807, 2.05) is 0 Å². The van der Waals surface area contributed by atoms with Crippen molar-refractivity contribution in [3.63, 3.8) is 0 Å². The molecule has 0 aliphatic carbocycles. The third-order valence-electron chi connectivity index (χ3n) is 2.21. The van der Waals surface area contributed by atoms with Gasteiger partial charge in [-0.3, -0.25) is 14.2 Å². The zero-order valence-electron chi connectivity index (χ0n) is 10.8. The topological polar surface area (TPSA) is 88.0 Å². The molecule has 0 saturated heterocycles. The standard InChI is InChI=1S/C9H9N3O3S2.Na.H/c1-6-10-11-9(16)12(6)7-3-2-4-8(5-7)17(13,14)15;;/h2-5H,1H3,(H,11,16)(H,13,14,15);;/q;+1;-1. The summed E-state index contributed by atoms with van der Waals surface area (Å²) in [5, 5.41) is 6.52. The number of H-pyrrole nitrogens is 1. The molecule has 1 aromatic heterocycles. The summed E-state index contributed by atoms with van der Waals surface area (Å²) in [5.74, 6) is 0.600. The third-order valence-corrected chi connectivity index (χ3v) is 3.34. The molecule has 0 spiro atoms. The van der Waals surface area contributed by atoms with Gasteiger partial charge in [-0.2, -0.15) is 13.5 Å². The molecule has 0 aliphatic heterocycles. The molecule has 2 aromatic rings. The van der Waals surface area contributed by atoms with Gasteiger partial charge in [0.2, 0.25) is 0 Å². The van der Waals surface area contributed by atoms with Crippen molar-refractivity contribution in [2.24, 2.45) is 0 Å². The number of aromatic amines is 1. The average Bonchev–Trinajstić information content (AvgIpc) is 2.57. The predicted molar refractivity (Wildman–Crippen MR) is 64.4 cm³/mol. The number of rotatable bonds is 2. The monoisotopic (exact) mass is 295 g/mol. The fourth-order valence-corrected chi connectivity index (χ4v) is 2.27. The molecule has 1 aromatic carbocycles. The van der Waals surface area contributed by atoms with Gasteiger partial charge in [-0.1, -0.05) is 6.07 Å². The van der Waals surface area contributed by atoms with Crippen molar-refractivity contribution < 1.29 is 44.0 Å². The first-order chi connectivity index (χ1) is 7.89. The molecule has 1 heterocycles. The normalized spacial score (nSPS) is 11.0. The molecule has 2 rings (SSSR count). The maximum atomic E-state index is 11.0. The van der Waals surface area contributed by atoms with Crippen LogP contribution in [-0.2, 0) is 10.1 Å². The summed E-state index contributed by atoms with van der Waals surface area (Å²) in [4.78, 5) is -0.183. The molecule has 0 aliphatic rings. The Balaban J connectivity index is 0.00000162. The molecular weight excluding hydrogens is 285 g/mol. The second kappa shape index (κ2) is 5.64. The summed E-state index contributed by atoms with van der Waals surface area (Å²) >= 11 is 5.02. The maximum absolute atomic E-state index is 11.0. The van der Waals surface area contributed by atoms with E-state index in [4.69, 9.17) is 16.8 Å². The quantitative estimate of drug-likeness (QED) is 0.404. The van der Waals surface area contributed by atoms with Gasteiger partial charge in [0.05, 0.1) is 10.6 Å². The molecule has 2 N–H and O–H groups in total. The summed E-state index contributed by atoms with van der Waals surface area (Å²) in [6, 6.07) is 5.82. The molecule has 92 valence electrons. The van der Waals surface area contributed by atoms with Gasteiger partial charge in [-0.05, 0) is 37.3 Å². The summed E-state index contributed by atoms with van der Waals surface area (Å²) in [7, 11) is -4.22. The molecule has 0 radical (unpaired) electrons. The predicted octanol–water partition coefficient (Wildman–Crippen LogP) is -1.40. The third kappa shape index (κ3) is 3.08. The van der Waals surface area contributed by atoms with E-state index < -0.39 is 10.1 Å². The van der Waals surface area contributed by atoms with Crippen LogP contribution in [0, 0.1) is 11.7 Å². The minimum atomic E-state index is -4.22. The Kier molecular flexibility index (Phi) is 4.87. The molecule has 0 bridgehead atoms. The van der Waals surface area contributed by atoms with Gasteiger partial charge in [-0.15, -0.1) is 0 Å². The molecule has 18 heavy (non-hydrogen) atoms. The van der Waals surface area contributed by atoms with Gasteiger partial charge < -0.3 is 1.43 Å². The minimum Gasteiger partial charge on any atom is -1.00 e. The largest absolute Gasteiger partial charge is 1.00 e. The van der Waals surface area contributed by atoms with Crippen LogP contribution < -0.4 is 29.6 Å². The number of hydrogen-bond donors (Lipinski definition) is 2. The zero-order chi connectivity index (χ0) is 12.6. The van der Waals surface area contributed by atoms with E-state index >= 15 is 0 Å². The van der Waals surface area contributed by atoms with Crippen LogP contribution in [0.5, 0.6) is 0 Å². The van der Waals surface area contributed by atoms with E-state index in [1.165, 1.54) is 18.2 Å². The summed E-state index contributed by atoms with van der Waals surface area (Å²) in [6.45, 7) is 1.73. The fourth-order valence-electron chi connectivity index (χ4n) is 1.46. The molecule has 0 fully saturated rings. The fraction of sp³-hybridized carbons (Fsp3) is 0.111. The van der Waals surface area contributed by atoms with Gasteiger partial charge in [0.25, 0.3) is 10.1 Å². The van der Waals surface area contributed by atoms with Crippen molar-refractivity contribution in [1.82, 2.24) is 14.8 Å². The van der Waals surface area contributed by atoms with Crippen molar-refractivity contribution in [3.05, 3.63) is 34.9 Å². The second-order valence-corrected chi connectivity index (χ2v) is 5.19. The zero-order valence-corrected chi connectivity index (χ0v) is 13.4. The molecule has 0 amide bonds. The van der Waals surface area contributed by atoms with Crippen molar-refractivity contribution in [2.45, 2.75) is 11.8 Å². The molecule has 0 saturated carbocycles. The van der Waals surface area contributed by atoms with Crippen molar-refractivity contribution in [2.75, 3.05) is 0 Å². The number of aromatic nitrogens is 3. The van der Waals surface area contributed by atoms with Gasteiger partial charge in [0.15, 0.2) is 4.77 Å². The summed E-state index contributed by atoms with van der Waals surface area (Å²) < 4.78 is 32.9. The maximum Gasteiger partial charge on any atom is 1.00 e. The van der Waals surface area contributed by atoms with E-state index in [9.17, 15) is 8.42 Å². The molecule has 9 heteroatoms. The smallest absolute Gasteiger partial charge is 1.00 e. The minimum absolute atomic E-state index is 0. The molecule has 6 nitrogen and oxygen atoms in total. The van der Waals surface area contributed by atoms with E-state index in [1.54, 1.807) is 17.6 Å². The Hall–Kier alpha value is -0.510. The Morgan fingerprint density at radius 2 is 2.17 bits per heavy atom. The van der Waals surface area contributed by atoms with Gasteiger partial charge in [0, 0.05) is 0 Å². The van der Waals surface area contributed by atoms with Crippen LogP contribution in [0.2, 0.25) is 0 Å². The Morgan fingerprint density at radius 3 is 2.67 bits per heavy atom. The van der Waals surface area contributed by atoms with Gasteiger partial charge in [-0.25, -0.2) is 0 Å². The molecule has 0 unspecified atom stereocenters. The van der Waals surface area contributed by atoms with Crippen molar-refractivity contribution >= 4 is 22.3 Å². The number of nitrogens with one attached hydrogen (secondary N) is 1. The Labute approximate surface area is 133 Å². The van der Waals surface area contributed by atoms with Crippen LogP contribution in [-0.4, -0.2) is 27.7 Å². The SMILES string of the molecule is Cc1n[nH]c(=S)n1-c1cccc(S(=O)(=O)O)c1.[H-].[Na+]. The number of benzene rings is 1. The Morgan fingerprint density at radius 1 is 1.50 bits per heavy atom. The second-order valence-electron chi connectivity index (χ2n) is 3.38. The van der Waals surface area contributed by atoms with Crippen LogP contribution in [0.4, 0.5) is 0 Å². The van der Waals surface area contributed by atoms with E-state index in [0.29, 0.717) is 16.3 Å². The first-order valence-corrected chi connectivity index (χ1v) is 6.46. The first-order valence-electron chi connectivity index (χ1n) is 4.61. The number of nitrogens with zero attached hydrogens (tertiary/aromatic N) is 2. The van der Waals surface area contributed by atoms with Crippen molar-refractivity contribution in [3.8, 4) is 5.69 Å². The van der Waals surface area contributed by atoms with E-state index in [-0.39, 0.29) is 35.9 Å². The van der Waals surface area contributed by atoms with E-state index in [0.717, 1.165) is 0 Å². The van der Waals surface area contributed by atoms with Gasteiger partial charge in [0.1, 0.15) is 5.82 Å².